The van der Waals surface area contributed by atoms with Gasteiger partial charge in [-0.25, -0.2) is 0 Å². The molecule has 0 heterocycles. The van der Waals surface area contributed by atoms with Gasteiger partial charge in [0.2, 0.25) is 5.91 Å². The van der Waals surface area contributed by atoms with E-state index in [1.165, 1.54) is 19.3 Å². The number of carbonyl (C=O) groups excluding carboxylic acids is 1. The average molecular weight is 187 g/mol. The highest BCUT2D eigenvalue weighted by Crippen LogP contribution is 1.99. The first-order chi connectivity index (χ1) is 6.18. The van der Waals surface area contributed by atoms with Gasteiger partial charge < -0.3 is 4.90 Å². The summed E-state index contributed by atoms with van der Waals surface area (Å²) >= 11 is 0. The second-order valence-electron chi connectivity index (χ2n) is 3.00. The van der Waals surface area contributed by atoms with Crippen molar-refractivity contribution in [1.29, 1.82) is 0 Å². The van der Waals surface area contributed by atoms with Crippen LogP contribution in [0.4, 0.5) is 0 Å². The topological polar surface area (TPSA) is 20.3 Å². The van der Waals surface area contributed by atoms with Crippen molar-refractivity contribution in [3.63, 3.8) is 0 Å². The molecule has 0 aromatic rings. The van der Waals surface area contributed by atoms with Crippen molar-refractivity contribution in [2.45, 2.75) is 53.4 Å². The van der Waals surface area contributed by atoms with Crippen molar-refractivity contribution in [3.05, 3.63) is 0 Å². The first-order valence-electron chi connectivity index (χ1n) is 5.40. The zero-order valence-corrected chi connectivity index (χ0v) is 9.89. The number of carbonyl (C=O) groups is 1. The normalized spacial score (nSPS) is 8.69. The van der Waals surface area contributed by atoms with E-state index < -0.39 is 0 Å². The Kier molecular flexibility index (Phi) is 13.2. The molecule has 0 fully saturated rings. The molecule has 0 radical (unpaired) electrons. The lowest BCUT2D eigenvalue weighted by Gasteiger charge is -2.13. The van der Waals surface area contributed by atoms with Crippen LogP contribution in [0.5, 0.6) is 0 Å². The highest BCUT2D eigenvalue weighted by atomic mass is 16.2. The third-order valence-corrected chi connectivity index (χ3v) is 1.88. The van der Waals surface area contributed by atoms with Gasteiger partial charge in [0.15, 0.2) is 0 Å². The van der Waals surface area contributed by atoms with Gasteiger partial charge in [-0.2, -0.15) is 0 Å². The van der Waals surface area contributed by atoms with Crippen molar-refractivity contribution >= 4 is 5.91 Å². The van der Waals surface area contributed by atoms with E-state index in [-0.39, 0.29) is 5.91 Å². The standard InChI is InChI=1S/C9H19NO.C2H6/c1-4-5-6-7-8-10(3)9(2)11;1-2/h4-8H2,1-3H3;1-2H3. The molecule has 13 heavy (non-hydrogen) atoms. The third kappa shape index (κ3) is 11.5. The maximum absolute atomic E-state index is 10.7. The van der Waals surface area contributed by atoms with E-state index in [0.29, 0.717) is 0 Å². The van der Waals surface area contributed by atoms with Crippen LogP contribution >= 0.6 is 0 Å². The van der Waals surface area contributed by atoms with Gasteiger partial charge in [0.1, 0.15) is 0 Å². The largest absolute Gasteiger partial charge is 0.346 e. The maximum atomic E-state index is 10.7. The molecule has 0 N–H and O–H groups in total. The minimum atomic E-state index is 0.168. The predicted octanol–water partition coefficient (Wildman–Crippen LogP) is 3.07. The van der Waals surface area contributed by atoms with E-state index in [1.807, 2.05) is 20.9 Å². The molecule has 0 atom stereocenters. The second-order valence-corrected chi connectivity index (χ2v) is 3.00. The van der Waals surface area contributed by atoms with Gasteiger partial charge in [0.05, 0.1) is 0 Å². The van der Waals surface area contributed by atoms with Crippen LogP contribution in [0.25, 0.3) is 0 Å². The van der Waals surface area contributed by atoms with Crippen LogP contribution in [0.1, 0.15) is 53.4 Å². The number of rotatable bonds is 5. The van der Waals surface area contributed by atoms with Gasteiger partial charge in [-0.1, -0.05) is 40.0 Å². The SMILES string of the molecule is CC.CCCCCCN(C)C(C)=O. The van der Waals surface area contributed by atoms with Gasteiger partial charge in [0.25, 0.3) is 0 Å². The third-order valence-electron chi connectivity index (χ3n) is 1.88. The van der Waals surface area contributed by atoms with E-state index in [9.17, 15) is 4.79 Å². The molecular weight excluding hydrogens is 162 g/mol. The summed E-state index contributed by atoms with van der Waals surface area (Å²) in [6, 6.07) is 0. The Morgan fingerprint density at radius 2 is 1.69 bits per heavy atom. The fraction of sp³-hybridized carbons (Fsp3) is 0.909. The Labute approximate surface area is 83.3 Å². The van der Waals surface area contributed by atoms with Crippen molar-refractivity contribution in [1.82, 2.24) is 4.90 Å². The molecule has 0 aliphatic carbocycles. The molecule has 1 amide bonds. The van der Waals surface area contributed by atoms with Gasteiger partial charge in [-0.05, 0) is 6.42 Å². The highest BCUT2D eigenvalue weighted by molar-refractivity contribution is 5.72. The van der Waals surface area contributed by atoms with Crippen molar-refractivity contribution in [2.75, 3.05) is 13.6 Å². The van der Waals surface area contributed by atoms with Crippen LogP contribution < -0.4 is 0 Å². The zero-order chi connectivity index (χ0) is 10.7. The molecule has 2 nitrogen and oxygen atoms in total. The molecule has 0 bridgehead atoms. The Bertz CT molecular complexity index is 113. The van der Waals surface area contributed by atoms with Crippen LogP contribution in [0.15, 0.2) is 0 Å². The Hall–Kier alpha value is -0.530. The summed E-state index contributed by atoms with van der Waals surface area (Å²) in [4.78, 5) is 12.5. The number of nitrogens with zero attached hydrogens (tertiary/aromatic N) is 1. The number of unbranched alkanes of at least 4 members (excludes halogenated alkanes) is 3. The molecule has 2 heteroatoms. The smallest absolute Gasteiger partial charge is 0.219 e. The summed E-state index contributed by atoms with van der Waals surface area (Å²) in [6.07, 6.45) is 4.92. The van der Waals surface area contributed by atoms with Crippen LogP contribution in [0.2, 0.25) is 0 Å². The van der Waals surface area contributed by atoms with E-state index in [4.69, 9.17) is 0 Å². The molecule has 0 aromatic heterocycles. The van der Waals surface area contributed by atoms with Crippen LogP contribution in [-0.4, -0.2) is 24.4 Å². The van der Waals surface area contributed by atoms with Gasteiger partial charge in [0, 0.05) is 20.5 Å². The Morgan fingerprint density at radius 3 is 2.08 bits per heavy atom. The molecule has 80 valence electrons. The van der Waals surface area contributed by atoms with E-state index in [0.717, 1.165) is 13.0 Å². The minimum absolute atomic E-state index is 0.168. The molecule has 0 aliphatic heterocycles. The summed E-state index contributed by atoms with van der Waals surface area (Å²) < 4.78 is 0. The van der Waals surface area contributed by atoms with Crippen LogP contribution in [-0.2, 0) is 4.79 Å². The first kappa shape index (κ1) is 15.0. The molecule has 0 saturated heterocycles. The van der Waals surface area contributed by atoms with Gasteiger partial charge >= 0.3 is 0 Å². The lowest BCUT2D eigenvalue weighted by atomic mass is 10.2. The quantitative estimate of drug-likeness (QED) is 0.606. The zero-order valence-electron chi connectivity index (χ0n) is 9.89. The molecule has 0 unspecified atom stereocenters. The summed E-state index contributed by atoms with van der Waals surface area (Å²) in [5, 5.41) is 0. The Morgan fingerprint density at radius 1 is 1.15 bits per heavy atom. The van der Waals surface area contributed by atoms with Gasteiger partial charge in [-0.15, -0.1) is 0 Å². The second kappa shape index (κ2) is 11.5. The van der Waals surface area contributed by atoms with Crippen molar-refractivity contribution in [2.24, 2.45) is 0 Å². The molecule has 0 aromatic carbocycles. The van der Waals surface area contributed by atoms with Crippen molar-refractivity contribution in [3.8, 4) is 0 Å². The van der Waals surface area contributed by atoms with Crippen LogP contribution in [0, 0.1) is 0 Å². The first-order valence-corrected chi connectivity index (χ1v) is 5.40. The molecule has 0 rings (SSSR count). The summed E-state index contributed by atoms with van der Waals surface area (Å²) in [5.74, 6) is 0.168. The Balaban J connectivity index is 0. The van der Waals surface area contributed by atoms with Crippen molar-refractivity contribution < 1.29 is 4.79 Å². The summed E-state index contributed by atoms with van der Waals surface area (Å²) in [6.45, 7) is 8.71. The summed E-state index contributed by atoms with van der Waals surface area (Å²) in [7, 11) is 1.86. The highest BCUT2D eigenvalue weighted by Gasteiger charge is 1.99. The minimum Gasteiger partial charge on any atom is -0.346 e. The number of hydrogen-bond acceptors (Lipinski definition) is 1. The van der Waals surface area contributed by atoms with Crippen LogP contribution in [0.3, 0.4) is 0 Å². The average Bonchev–Trinajstić information content (AvgIpc) is 2.15. The lowest BCUT2D eigenvalue weighted by molar-refractivity contribution is -0.127. The summed E-state index contributed by atoms with van der Waals surface area (Å²) in [5.41, 5.74) is 0. The maximum Gasteiger partial charge on any atom is 0.219 e. The van der Waals surface area contributed by atoms with Gasteiger partial charge in [-0.3, -0.25) is 4.79 Å². The van der Waals surface area contributed by atoms with E-state index in [2.05, 4.69) is 6.92 Å². The molecule has 0 saturated carbocycles. The fourth-order valence-electron chi connectivity index (χ4n) is 0.933. The molecule has 0 aliphatic rings. The van der Waals surface area contributed by atoms with E-state index >= 15 is 0 Å². The number of amides is 1. The molecule has 0 spiro atoms. The predicted molar refractivity (Wildman–Crippen MR) is 58.8 cm³/mol. The van der Waals surface area contributed by atoms with E-state index in [1.54, 1.807) is 11.8 Å². The monoisotopic (exact) mass is 187 g/mol. The number of hydrogen-bond donors (Lipinski definition) is 0. The lowest BCUT2D eigenvalue weighted by Crippen LogP contribution is -2.24. The fourth-order valence-corrected chi connectivity index (χ4v) is 0.933. The molecular formula is C11H25NO.